The van der Waals surface area contributed by atoms with E-state index in [2.05, 4.69) is 29.4 Å². The molecule has 1 aromatic heterocycles. The Bertz CT molecular complexity index is 415. The average Bonchev–Trinajstić information content (AvgIpc) is 3.07. The Morgan fingerprint density at radius 2 is 2.42 bits per heavy atom. The van der Waals surface area contributed by atoms with E-state index >= 15 is 0 Å². The molecule has 1 fully saturated rings. The Hall–Kier alpha value is -0.930. The van der Waals surface area contributed by atoms with Crippen molar-refractivity contribution in [2.24, 2.45) is 5.92 Å². The average molecular weight is 260 g/mol. The van der Waals surface area contributed by atoms with Crippen LogP contribution in [0.3, 0.4) is 0 Å². The third-order valence-corrected chi connectivity index (χ3v) is 4.57. The lowest BCUT2D eigenvalue weighted by molar-refractivity contribution is 0.180. The van der Waals surface area contributed by atoms with E-state index in [1.165, 1.54) is 36.9 Å². The number of aromatic nitrogens is 1. The fourth-order valence-corrected chi connectivity index (χ4v) is 3.62. The standard InChI is InChI=1S/C16H24N2O/c1-2-17-15(10-12-7-9-19-11-12)14-6-5-13-4-3-8-18-16(13)14/h3-4,8,12,14-15,17H,2,5-7,9-11H2,1H3. The molecule has 3 atom stereocenters. The van der Waals surface area contributed by atoms with E-state index in [0.29, 0.717) is 12.0 Å². The van der Waals surface area contributed by atoms with Crippen LogP contribution in [0, 0.1) is 5.92 Å². The Morgan fingerprint density at radius 3 is 3.21 bits per heavy atom. The molecule has 0 saturated carbocycles. The van der Waals surface area contributed by atoms with Crippen LogP contribution >= 0.6 is 0 Å². The maximum absolute atomic E-state index is 5.52. The topological polar surface area (TPSA) is 34.1 Å². The minimum atomic E-state index is 0.563. The number of ether oxygens (including phenoxy) is 1. The number of rotatable bonds is 5. The van der Waals surface area contributed by atoms with Gasteiger partial charge < -0.3 is 10.1 Å². The molecule has 0 aromatic carbocycles. The van der Waals surface area contributed by atoms with Crippen LogP contribution in [-0.2, 0) is 11.2 Å². The van der Waals surface area contributed by atoms with Gasteiger partial charge in [0.2, 0.25) is 0 Å². The van der Waals surface area contributed by atoms with Gasteiger partial charge in [-0.05, 0) is 49.8 Å². The summed E-state index contributed by atoms with van der Waals surface area (Å²) in [5.41, 5.74) is 2.80. The number of nitrogens with one attached hydrogen (secondary N) is 1. The molecule has 1 aliphatic carbocycles. The second-order valence-electron chi connectivity index (χ2n) is 5.82. The highest BCUT2D eigenvalue weighted by Gasteiger charge is 2.32. The summed E-state index contributed by atoms with van der Waals surface area (Å²) in [6.07, 6.45) is 6.84. The Labute approximate surface area is 115 Å². The zero-order chi connectivity index (χ0) is 13.1. The van der Waals surface area contributed by atoms with Crippen LogP contribution in [-0.4, -0.2) is 30.8 Å². The van der Waals surface area contributed by atoms with Crippen LogP contribution in [0.4, 0.5) is 0 Å². The molecule has 19 heavy (non-hydrogen) atoms. The van der Waals surface area contributed by atoms with Crippen LogP contribution in [0.15, 0.2) is 18.3 Å². The van der Waals surface area contributed by atoms with Gasteiger partial charge in [0, 0.05) is 37.1 Å². The fraction of sp³-hybridized carbons (Fsp3) is 0.688. The molecule has 3 nitrogen and oxygen atoms in total. The van der Waals surface area contributed by atoms with Gasteiger partial charge in [-0.25, -0.2) is 0 Å². The van der Waals surface area contributed by atoms with Crippen molar-refractivity contribution in [2.45, 2.75) is 44.6 Å². The predicted molar refractivity (Wildman–Crippen MR) is 76.3 cm³/mol. The molecule has 0 radical (unpaired) electrons. The van der Waals surface area contributed by atoms with Gasteiger partial charge in [0.15, 0.2) is 0 Å². The molecular weight excluding hydrogens is 236 g/mol. The quantitative estimate of drug-likeness (QED) is 0.883. The number of likely N-dealkylation sites (N-methyl/N-ethyl adjacent to an activating group) is 1. The van der Waals surface area contributed by atoms with Crippen molar-refractivity contribution in [3.8, 4) is 0 Å². The molecule has 0 spiro atoms. The minimum absolute atomic E-state index is 0.563. The first-order valence-electron chi connectivity index (χ1n) is 7.63. The zero-order valence-corrected chi connectivity index (χ0v) is 11.8. The van der Waals surface area contributed by atoms with Crippen LogP contribution in [0.5, 0.6) is 0 Å². The van der Waals surface area contributed by atoms with Crippen molar-refractivity contribution in [3.63, 3.8) is 0 Å². The van der Waals surface area contributed by atoms with Gasteiger partial charge in [-0.2, -0.15) is 0 Å². The molecule has 1 N–H and O–H groups in total. The van der Waals surface area contributed by atoms with E-state index in [4.69, 9.17) is 4.74 Å². The highest BCUT2D eigenvalue weighted by molar-refractivity contribution is 5.30. The monoisotopic (exact) mass is 260 g/mol. The predicted octanol–water partition coefficient (Wildman–Crippen LogP) is 2.52. The molecule has 1 aromatic rings. The zero-order valence-electron chi connectivity index (χ0n) is 11.8. The largest absolute Gasteiger partial charge is 0.381 e. The highest BCUT2D eigenvalue weighted by Crippen LogP contribution is 2.36. The lowest BCUT2D eigenvalue weighted by Crippen LogP contribution is -2.36. The van der Waals surface area contributed by atoms with Crippen molar-refractivity contribution in [1.82, 2.24) is 10.3 Å². The molecular formula is C16H24N2O. The lowest BCUT2D eigenvalue weighted by atomic mass is 9.88. The molecule has 0 amide bonds. The van der Waals surface area contributed by atoms with Gasteiger partial charge in [-0.15, -0.1) is 0 Å². The van der Waals surface area contributed by atoms with Gasteiger partial charge in [0.05, 0.1) is 0 Å². The first kappa shape index (κ1) is 13.1. The minimum Gasteiger partial charge on any atom is -0.381 e. The number of hydrogen-bond acceptors (Lipinski definition) is 3. The molecule has 0 bridgehead atoms. The van der Waals surface area contributed by atoms with Crippen molar-refractivity contribution in [2.75, 3.05) is 19.8 Å². The van der Waals surface area contributed by atoms with E-state index in [9.17, 15) is 0 Å². The molecule has 2 aliphatic rings. The van der Waals surface area contributed by atoms with Crippen LogP contribution in [0.2, 0.25) is 0 Å². The third kappa shape index (κ3) is 2.82. The van der Waals surface area contributed by atoms with E-state index in [1.807, 2.05) is 6.20 Å². The smallest absolute Gasteiger partial charge is 0.0495 e. The SMILES string of the molecule is CCNC(CC1CCOC1)C1CCc2cccnc21. The molecule has 104 valence electrons. The second kappa shape index (κ2) is 6.02. The Kier molecular flexibility index (Phi) is 4.14. The van der Waals surface area contributed by atoms with E-state index in [1.54, 1.807) is 0 Å². The molecule has 3 heteroatoms. The van der Waals surface area contributed by atoms with Gasteiger partial charge >= 0.3 is 0 Å². The summed E-state index contributed by atoms with van der Waals surface area (Å²) in [5.74, 6) is 1.33. The summed E-state index contributed by atoms with van der Waals surface area (Å²) in [6, 6.07) is 4.87. The number of nitrogens with zero attached hydrogens (tertiary/aromatic N) is 1. The van der Waals surface area contributed by atoms with E-state index < -0.39 is 0 Å². The van der Waals surface area contributed by atoms with Crippen molar-refractivity contribution in [3.05, 3.63) is 29.6 Å². The maximum Gasteiger partial charge on any atom is 0.0495 e. The third-order valence-electron chi connectivity index (χ3n) is 4.57. The van der Waals surface area contributed by atoms with Crippen LogP contribution < -0.4 is 5.32 Å². The second-order valence-corrected chi connectivity index (χ2v) is 5.82. The molecule has 1 aliphatic heterocycles. The highest BCUT2D eigenvalue weighted by atomic mass is 16.5. The van der Waals surface area contributed by atoms with Crippen LogP contribution in [0.25, 0.3) is 0 Å². The van der Waals surface area contributed by atoms with Crippen molar-refractivity contribution < 1.29 is 4.74 Å². The Morgan fingerprint density at radius 1 is 1.47 bits per heavy atom. The van der Waals surface area contributed by atoms with Gasteiger partial charge in [0.25, 0.3) is 0 Å². The van der Waals surface area contributed by atoms with Crippen molar-refractivity contribution in [1.29, 1.82) is 0 Å². The fourth-order valence-electron chi connectivity index (χ4n) is 3.62. The summed E-state index contributed by atoms with van der Waals surface area (Å²) >= 11 is 0. The molecule has 3 unspecified atom stereocenters. The summed E-state index contributed by atoms with van der Waals surface area (Å²) in [4.78, 5) is 4.65. The molecule has 1 saturated heterocycles. The summed E-state index contributed by atoms with van der Waals surface area (Å²) in [6.45, 7) is 5.13. The molecule has 2 heterocycles. The number of fused-ring (bicyclic) bond motifs is 1. The summed E-state index contributed by atoms with van der Waals surface area (Å²) in [5, 5.41) is 3.70. The first-order valence-corrected chi connectivity index (χ1v) is 7.63. The summed E-state index contributed by atoms with van der Waals surface area (Å²) < 4.78 is 5.52. The van der Waals surface area contributed by atoms with Gasteiger partial charge in [-0.3, -0.25) is 4.98 Å². The number of aryl methyl sites for hydroxylation is 1. The van der Waals surface area contributed by atoms with Crippen LogP contribution in [0.1, 0.15) is 43.4 Å². The van der Waals surface area contributed by atoms with Gasteiger partial charge in [0.1, 0.15) is 0 Å². The maximum atomic E-state index is 5.52. The van der Waals surface area contributed by atoms with Crippen molar-refractivity contribution >= 4 is 0 Å². The normalized spacial score (nSPS) is 27.4. The summed E-state index contributed by atoms with van der Waals surface area (Å²) in [7, 11) is 0. The van der Waals surface area contributed by atoms with E-state index in [0.717, 1.165) is 25.7 Å². The van der Waals surface area contributed by atoms with E-state index in [-0.39, 0.29) is 0 Å². The molecule has 3 rings (SSSR count). The Balaban J connectivity index is 1.73. The first-order chi connectivity index (χ1) is 9.38. The number of hydrogen-bond donors (Lipinski definition) is 1. The number of pyridine rings is 1. The van der Waals surface area contributed by atoms with Gasteiger partial charge in [-0.1, -0.05) is 13.0 Å². The lowest BCUT2D eigenvalue weighted by Gasteiger charge is -2.26.